The normalized spacial score (nSPS) is 12.1. The van der Waals surface area contributed by atoms with Crippen LogP contribution in [-0.4, -0.2) is 33.1 Å². The van der Waals surface area contributed by atoms with Gasteiger partial charge in [0.1, 0.15) is 10.7 Å². The summed E-state index contributed by atoms with van der Waals surface area (Å²) < 4.78 is 0. The summed E-state index contributed by atoms with van der Waals surface area (Å²) in [6, 6.07) is 19.8. The maximum Gasteiger partial charge on any atom is 0.260 e. The fourth-order valence-corrected chi connectivity index (χ4v) is 5.25. The highest BCUT2D eigenvalue weighted by Crippen LogP contribution is 2.31. The smallest absolute Gasteiger partial charge is 0.260 e. The molecule has 31 heavy (non-hydrogen) atoms. The number of hydrogen-bond acceptors (Lipinski definition) is 5. The van der Waals surface area contributed by atoms with E-state index in [-0.39, 0.29) is 16.7 Å². The van der Waals surface area contributed by atoms with E-state index in [9.17, 15) is 9.59 Å². The third-order valence-corrected chi connectivity index (χ3v) is 7.05. The summed E-state index contributed by atoms with van der Waals surface area (Å²) in [5.74, 6) is 1.12. The Labute approximate surface area is 189 Å². The van der Waals surface area contributed by atoms with Gasteiger partial charge in [0.25, 0.3) is 5.56 Å². The van der Waals surface area contributed by atoms with Gasteiger partial charge in [0, 0.05) is 24.5 Å². The summed E-state index contributed by atoms with van der Waals surface area (Å²) in [5, 5.41) is 2.36. The number of carbonyl (C=O) groups is 1. The van der Waals surface area contributed by atoms with E-state index in [1.165, 1.54) is 23.1 Å². The van der Waals surface area contributed by atoms with Gasteiger partial charge in [-0.25, -0.2) is 4.98 Å². The molecule has 2 aromatic heterocycles. The number of nitrogens with one attached hydrogen (secondary N) is 1. The zero-order valence-corrected chi connectivity index (χ0v) is 19.0. The lowest BCUT2D eigenvalue weighted by molar-refractivity contribution is -0.129. The topological polar surface area (TPSA) is 66.1 Å². The number of carbonyl (C=O) groups excluding carboxylic acids is 1. The summed E-state index contributed by atoms with van der Waals surface area (Å²) in [5.41, 5.74) is 2.86. The van der Waals surface area contributed by atoms with E-state index in [1.807, 2.05) is 80.0 Å². The monoisotopic (exact) mass is 449 g/mol. The van der Waals surface area contributed by atoms with E-state index in [0.29, 0.717) is 23.5 Å². The Bertz CT molecular complexity index is 1240. The van der Waals surface area contributed by atoms with Crippen molar-refractivity contribution in [3.8, 4) is 11.1 Å². The lowest BCUT2D eigenvalue weighted by Crippen LogP contribution is -2.32. The third kappa shape index (κ3) is 4.89. The van der Waals surface area contributed by atoms with E-state index in [0.717, 1.165) is 21.5 Å². The average molecular weight is 450 g/mol. The Balaban J connectivity index is 1.44. The van der Waals surface area contributed by atoms with Crippen molar-refractivity contribution >= 4 is 39.2 Å². The van der Waals surface area contributed by atoms with E-state index in [1.54, 1.807) is 4.90 Å². The van der Waals surface area contributed by atoms with Gasteiger partial charge in [-0.15, -0.1) is 23.1 Å². The standard InChI is InChI=1S/C24H23N3O2S2/c1-16(24(29)27(2)13-17-9-5-3-6-10-17)30-15-20-25-22(28)21-19(14-31-23(21)26-20)18-11-7-4-8-12-18/h3-12,14,16H,13,15H2,1-2H3,(H,25,26,28). The van der Waals surface area contributed by atoms with Crippen molar-refractivity contribution in [3.63, 3.8) is 0 Å². The second kappa shape index (κ2) is 9.49. The molecule has 5 nitrogen and oxygen atoms in total. The molecule has 0 aliphatic heterocycles. The van der Waals surface area contributed by atoms with Crippen molar-refractivity contribution < 1.29 is 4.79 Å². The van der Waals surface area contributed by atoms with Crippen LogP contribution in [0.3, 0.4) is 0 Å². The van der Waals surface area contributed by atoms with Crippen LogP contribution in [-0.2, 0) is 17.1 Å². The number of H-pyrrole nitrogens is 1. The predicted molar refractivity (Wildman–Crippen MR) is 129 cm³/mol. The second-order valence-electron chi connectivity index (χ2n) is 7.34. The van der Waals surface area contributed by atoms with Gasteiger partial charge in [-0.3, -0.25) is 9.59 Å². The van der Waals surface area contributed by atoms with Crippen LogP contribution in [0.25, 0.3) is 21.3 Å². The Morgan fingerprint density at radius 3 is 2.52 bits per heavy atom. The molecule has 7 heteroatoms. The quantitative estimate of drug-likeness (QED) is 0.434. The van der Waals surface area contributed by atoms with Gasteiger partial charge in [-0.1, -0.05) is 60.7 Å². The SMILES string of the molecule is CC(SCc1nc2scc(-c3ccccc3)c2c(=O)[nH]1)C(=O)N(C)Cc1ccccc1. The number of amides is 1. The molecule has 0 aliphatic carbocycles. The van der Waals surface area contributed by atoms with Crippen LogP contribution in [0.1, 0.15) is 18.3 Å². The second-order valence-corrected chi connectivity index (χ2v) is 9.53. The molecule has 158 valence electrons. The van der Waals surface area contributed by atoms with Crippen molar-refractivity contribution in [2.45, 2.75) is 24.5 Å². The van der Waals surface area contributed by atoms with Gasteiger partial charge in [0.05, 0.1) is 16.4 Å². The highest BCUT2D eigenvalue weighted by Gasteiger charge is 2.19. The lowest BCUT2D eigenvalue weighted by Gasteiger charge is -2.21. The average Bonchev–Trinajstić information content (AvgIpc) is 3.23. The molecule has 0 bridgehead atoms. The van der Waals surface area contributed by atoms with E-state index in [2.05, 4.69) is 9.97 Å². The maximum absolute atomic E-state index is 12.8. The summed E-state index contributed by atoms with van der Waals surface area (Å²) in [7, 11) is 1.81. The van der Waals surface area contributed by atoms with Gasteiger partial charge in [-0.2, -0.15) is 0 Å². The Hall–Kier alpha value is -2.90. The number of nitrogens with zero attached hydrogens (tertiary/aromatic N) is 2. The van der Waals surface area contributed by atoms with Crippen molar-refractivity contribution in [1.29, 1.82) is 0 Å². The van der Waals surface area contributed by atoms with Crippen LogP contribution < -0.4 is 5.56 Å². The molecule has 0 saturated carbocycles. The van der Waals surface area contributed by atoms with Crippen LogP contribution in [0.15, 0.2) is 70.8 Å². The van der Waals surface area contributed by atoms with Gasteiger partial charge in [0.15, 0.2) is 0 Å². The van der Waals surface area contributed by atoms with Crippen LogP contribution >= 0.6 is 23.1 Å². The molecule has 0 saturated heterocycles. The molecule has 0 radical (unpaired) electrons. The van der Waals surface area contributed by atoms with Crippen LogP contribution in [0.5, 0.6) is 0 Å². The molecule has 2 aromatic carbocycles. The predicted octanol–water partition coefficient (Wildman–Crippen LogP) is 4.93. The molecule has 4 rings (SSSR count). The first-order chi connectivity index (χ1) is 15.0. The number of thioether (sulfide) groups is 1. The number of hydrogen-bond donors (Lipinski definition) is 1. The molecule has 1 atom stereocenters. The first-order valence-electron chi connectivity index (χ1n) is 9.99. The summed E-state index contributed by atoms with van der Waals surface area (Å²) in [4.78, 5) is 35.5. The zero-order chi connectivity index (χ0) is 21.8. The molecule has 4 aromatic rings. The highest BCUT2D eigenvalue weighted by atomic mass is 32.2. The van der Waals surface area contributed by atoms with Crippen molar-refractivity contribution in [2.75, 3.05) is 7.05 Å². The molecular weight excluding hydrogens is 426 g/mol. The first-order valence-corrected chi connectivity index (χ1v) is 11.9. The minimum absolute atomic E-state index is 0.0553. The molecular formula is C24H23N3O2S2. The van der Waals surface area contributed by atoms with Crippen molar-refractivity contribution in [1.82, 2.24) is 14.9 Å². The Morgan fingerprint density at radius 2 is 1.81 bits per heavy atom. The van der Waals surface area contributed by atoms with E-state index < -0.39 is 0 Å². The summed E-state index contributed by atoms with van der Waals surface area (Å²) >= 11 is 2.95. The molecule has 0 spiro atoms. The number of rotatable bonds is 7. The lowest BCUT2D eigenvalue weighted by atomic mass is 10.1. The molecule has 0 aliphatic rings. The van der Waals surface area contributed by atoms with Crippen LogP contribution in [0.4, 0.5) is 0 Å². The van der Waals surface area contributed by atoms with Gasteiger partial charge in [0.2, 0.25) is 5.91 Å². The number of benzene rings is 2. The molecule has 1 unspecified atom stereocenters. The number of fused-ring (bicyclic) bond motifs is 1. The largest absolute Gasteiger partial charge is 0.340 e. The van der Waals surface area contributed by atoms with E-state index in [4.69, 9.17) is 0 Å². The van der Waals surface area contributed by atoms with Gasteiger partial charge in [-0.05, 0) is 18.1 Å². The van der Waals surface area contributed by atoms with Crippen molar-refractivity contribution in [2.24, 2.45) is 0 Å². The number of aromatic amines is 1. The van der Waals surface area contributed by atoms with Gasteiger partial charge < -0.3 is 9.88 Å². The van der Waals surface area contributed by atoms with Gasteiger partial charge >= 0.3 is 0 Å². The maximum atomic E-state index is 12.8. The Kier molecular flexibility index (Phi) is 6.53. The number of aromatic nitrogens is 2. The Morgan fingerprint density at radius 1 is 1.13 bits per heavy atom. The number of thiophene rings is 1. The van der Waals surface area contributed by atoms with Crippen molar-refractivity contribution in [3.05, 3.63) is 87.8 Å². The molecule has 0 fully saturated rings. The third-order valence-electron chi connectivity index (χ3n) is 5.03. The summed E-state index contributed by atoms with van der Waals surface area (Å²) in [6.45, 7) is 2.47. The minimum atomic E-state index is -0.238. The zero-order valence-electron chi connectivity index (χ0n) is 17.4. The molecule has 1 N–H and O–H groups in total. The fraction of sp³-hybridized carbons (Fsp3) is 0.208. The fourth-order valence-electron chi connectivity index (χ4n) is 3.41. The van der Waals surface area contributed by atoms with Crippen LogP contribution in [0.2, 0.25) is 0 Å². The van der Waals surface area contributed by atoms with E-state index >= 15 is 0 Å². The minimum Gasteiger partial charge on any atom is -0.340 e. The highest BCUT2D eigenvalue weighted by molar-refractivity contribution is 7.99. The first kappa shape index (κ1) is 21.3. The van der Waals surface area contributed by atoms with Crippen LogP contribution in [0, 0.1) is 0 Å². The summed E-state index contributed by atoms with van der Waals surface area (Å²) in [6.07, 6.45) is 0. The molecule has 2 heterocycles. The molecule has 1 amide bonds.